The molecule has 0 unspecified atom stereocenters. The van der Waals surface area contributed by atoms with E-state index in [4.69, 9.17) is 4.74 Å². The topological polar surface area (TPSA) is 29.5 Å². The van der Waals surface area contributed by atoms with Crippen molar-refractivity contribution in [2.75, 3.05) is 0 Å². The van der Waals surface area contributed by atoms with Gasteiger partial charge in [-0.1, -0.05) is 13.8 Å². The fraction of sp³-hybridized carbons (Fsp3) is 1.00. The van der Waals surface area contributed by atoms with E-state index in [1.165, 1.54) is 0 Å². The average molecular weight is 200 g/mol. The van der Waals surface area contributed by atoms with Crippen molar-refractivity contribution in [1.29, 1.82) is 0 Å². The summed E-state index contributed by atoms with van der Waals surface area (Å²) in [6.45, 7) is 6.61. The number of hydrogen-bond donors (Lipinski definition) is 1. The smallest absolute Gasteiger partial charge is 0.0580 e. The van der Waals surface area contributed by atoms with Crippen LogP contribution in [0.25, 0.3) is 0 Å². The van der Waals surface area contributed by atoms with Gasteiger partial charge in [0.25, 0.3) is 0 Å². The molecule has 0 aromatic heterocycles. The van der Waals surface area contributed by atoms with E-state index >= 15 is 0 Å². The highest BCUT2D eigenvalue weighted by Crippen LogP contribution is 2.23. The second-order valence-corrected chi connectivity index (χ2v) is 5.01. The molecule has 1 atom stereocenters. The zero-order valence-electron chi connectivity index (χ0n) is 9.70. The molecular weight excluding hydrogens is 176 g/mol. The average Bonchev–Trinajstić information content (AvgIpc) is 2.07. The Bertz CT molecular complexity index is 148. The van der Waals surface area contributed by atoms with E-state index in [0.29, 0.717) is 18.1 Å². The van der Waals surface area contributed by atoms with E-state index in [1.54, 1.807) is 0 Å². The lowest BCUT2D eigenvalue weighted by Gasteiger charge is -2.28. The number of rotatable bonds is 4. The molecule has 2 heteroatoms. The lowest BCUT2D eigenvalue weighted by atomic mass is 9.95. The summed E-state index contributed by atoms with van der Waals surface area (Å²) in [6, 6.07) is 0. The van der Waals surface area contributed by atoms with Gasteiger partial charge >= 0.3 is 0 Å². The Kier molecular flexibility index (Phi) is 4.90. The van der Waals surface area contributed by atoms with Crippen molar-refractivity contribution in [3.05, 3.63) is 0 Å². The number of aliphatic hydroxyl groups is 1. The van der Waals surface area contributed by atoms with Gasteiger partial charge in [0, 0.05) is 0 Å². The molecule has 2 nitrogen and oxygen atoms in total. The molecule has 0 bridgehead atoms. The summed E-state index contributed by atoms with van der Waals surface area (Å²) in [7, 11) is 0. The highest BCUT2D eigenvalue weighted by atomic mass is 16.5. The van der Waals surface area contributed by atoms with Crippen LogP contribution in [0.2, 0.25) is 0 Å². The summed E-state index contributed by atoms with van der Waals surface area (Å²) in [6.07, 6.45) is 5.72. The van der Waals surface area contributed by atoms with Crippen molar-refractivity contribution in [3.8, 4) is 0 Å². The number of ether oxygens (including phenoxy) is 1. The Balaban J connectivity index is 2.17. The third kappa shape index (κ3) is 4.43. The van der Waals surface area contributed by atoms with Gasteiger partial charge in [0.15, 0.2) is 0 Å². The lowest BCUT2D eigenvalue weighted by Crippen LogP contribution is -2.28. The van der Waals surface area contributed by atoms with Crippen LogP contribution in [0, 0.1) is 5.92 Å². The summed E-state index contributed by atoms with van der Waals surface area (Å²) in [5.41, 5.74) is 0. The van der Waals surface area contributed by atoms with Crippen molar-refractivity contribution in [2.45, 2.75) is 71.2 Å². The standard InChI is InChI=1S/C12H24O2/c1-9(2)8-10(3)14-12-6-4-11(13)5-7-12/h9-13H,4-8H2,1-3H3/t10-,11-,12+/m1/s1. The molecule has 0 heterocycles. The van der Waals surface area contributed by atoms with Crippen molar-refractivity contribution in [2.24, 2.45) is 5.92 Å². The SMILES string of the molecule is CC(C)C[C@@H](C)O[C@H]1CC[C@@H](O)CC1. The number of hydrogen-bond acceptors (Lipinski definition) is 2. The highest BCUT2D eigenvalue weighted by Gasteiger charge is 2.21. The molecular formula is C12H24O2. The zero-order chi connectivity index (χ0) is 10.6. The monoisotopic (exact) mass is 200 g/mol. The minimum Gasteiger partial charge on any atom is -0.393 e. The van der Waals surface area contributed by atoms with Gasteiger partial charge in [0.1, 0.15) is 0 Å². The molecule has 0 saturated heterocycles. The van der Waals surface area contributed by atoms with E-state index < -0.39 is 0 Å². The van der Waals surface area contributed by atoms with Crippen molar-refractivity contribution < 1.29 is 9.84 Å². The molecule has 0 aliphatic heterocycles. The Morgan fingerprint density at radius 3 is 2.21 bits per heavy atom. The molecule has 0 amide bonds. The molecule has 0 spiro atoms. The van der Waals surface area contributed by atoms with Gasteiger partial charge in [0.05, 0.1) is 18.3 Å². The molecule has 84 valence electrons. The summed E-state index contributed by atoms with van der Waals surface area (Å²) in [5, 5.41) is 9.35. The molecule has 1 fully saturated rings. The van der Waals surface area contributed by atoms with Gasteiger partial charge in [-0.3, -0.25) is 0 Å². The van der Waals surface area contributed by atoms with Gasteiger partial charge < -0.3 is 9.84 Å². The number of aliphatic hydroxyl groups excluding tert-OH is 1. The summed E-state index contributed by atoms with van der Waals surface area (Å²) in [4.78, 5) is 0. The maximum absolute atomic E-state index is 9.35. The predicted molar refractivity (Wildman–Crippen MR) is 58.3 cm³/mol. The minimum absolute atomic E-state index is 0.0738. The summed E-state index contributed by atoms with van der Waals surface area (Å²) >= 11 is 0. The van der Waals surface area contributed by atoms with Crippen molar-refractivity contribution in [3.63, 3.8) is 0 Å². The van der Waals surface area contributed by atoms with E-state index in [9.17, 15) is 5.11 Å². The van der Waals surface area contributed by atoms with E-state index in [2.05, 4.69) is 20.8 Å². The van der Waals surface area contributed by atoms with E-state index in [0.717, 1.165) is 32.1 Å². The maximum Gasteiger partial charge on any atom is 0.0580 e. The van der Waals surface area contributed by atoms with Gasteiger partial charge in [0.2, 0.25) is 0 Å². The van der Waals surface area contributed by atoms with Gasteiger partial charge in [-0.15, -0.1) is 0 Å². The molecule has 0 aromatic carbocycles. The van der Waals surface area contributed by atoms with Crippen LogP contribution >= 0.6 is 0 Å². The van der Waals surface area contributed by atoms with Gasteiger partial charge in [-0.2, -0.15) is 0 Å². The zero-order valence-corrected chi connectivity index (χ0v) is 9.70. The molecule has 0 radical (unpaired) electrons. The van der Waals surface area contributed by atoms with Crippen LogP contribution in [0.3, 0.4) is 0 Å². The third-order valence-corrected chi connectivity index (χ3v) is 2.87. The third-order valence-electron chi connectivity index (χ3n) is 2.87. The van der Waals surface area contributed by atoms with E-state index in [-0.39, 0.29) is 6.10 Å². The van der Waals surface area contributed by atoms with Crippen LogP contribution in [0.1, 0.15) is 52.9 Å². The Morgan fingerprint density at radius 1 is 1.14 bits per heavy atom. The van der Waals surface area contributed by atoms with Crippen LogP contribution in [0.4, 0.5) is 0 Å². The molecule has 1 saturated carbocycles. The molecule has 1 rings (SSSR count). The first kappa shape index (κ1) is 12.0. The first-order valence-electron chi connectivity index (χ1n) is 5.91. The summed E-state index contributed by atoms with van der Waals surface area (Å²) in [5.74, 6) is 0.708. The van der Waals surface area contributed by atoms with Crippen LogP contribution in [0.15, 0.2) is 0 Å². The first-order valence-corrected chi connectivity index (χ1v) is 5.91. The van der Waals surface area contributed by atoms with Gasteiger partial charge in [-0.05, 0) is 44.9 Å². The van der Waals surface area contributed by atoms with Gasteiger partial charge in [-0.25, -0.2) is 0 Å². The minimum atomic E-state index is -0.0738. The molecule has 0 aromatic rings. The maximum atomic E-state index is 9.35. The van der Waals surface area contributed by atoms with Crippen LogP contribution in [0.5, 0.6) is 0 Å². The molecule has 14 heavy (non-hydrogen) atoms. The second-order valence-electron chi connectivity index (χ2n) is 5.01. The Hall–Kier alpha value is -0.0800. The fourth-order valence-electron chi connectivity index (χ4n) is 2.23. The Labute approximate surface area is 87.7 Å². The largest absolute Gasteiger partial charge is 0.393 e. The predicted octanol–water partition coefficient (Wildman–Crippen LogP) is 2.74. The molecule has 1 N–H and O–H groups in total. The van der Waals surface area contributed by atoms with Crippen molar-refractivity contribution >= 4 is 0 Å². The Morgan fingerprint density at radius 2 is 1.71 bits per heavy atom. The second kappa shape index (κ2) is 5.72. The first-order chi connectivity index (χ1) is 6.58. The highest BCUT2D eigenvalue weighted by molar-refractivity contribution is 4.72. The fourth-order valence-corrected chi connectivity index (χ4v) is 2.23. The quantitative estimate of drug-likeness (QED) is 0.756. The normalized spacial score (nSPS) is 30.6. The lowest BCUT2D eigenvalue weighted by molar-refractivity contribution is -0.0470. The van der Waals surface area contributed by atoms with Crippen LogP contribution in [-0.4, -0.2) is 23.4 Å². The van der Waals surface area contributed by atoms with Crippen molar-refractivity contribution in [1.82, 2.24) is 0 Å². The van der Waals surface area contributed by atoms with Crippen LogP contribution < -0.4 is 0 Å². The molecule has 1 aliphatic carbocycles. The van der Waals surface area contributed by atoms with E-state index in [1.807, 2.05) is 0 Å². The van der Waals surface area contributed by atoms with Crippen LogP contribution in [-0.2, 0) is 4.74 Å². The summed E-state index contributed by atoms with van der Waals surface area (Å²) < 4.78 is 5.94. The molecule has 1 aliphatic rings.